The van der Waals surface area contributed by atoms with Crippen molar-refractivity contribution in [3.63, 3.8) is 0 Å². The molecule has 0 rings (SSSR count). The van der Waals surface area contributed by atoms with Crippen LogP contribution in [0.2, 0.25) is 0 Å². The quantitative estimate of drug-likeness (QED) is 0.329. The molecular weight excluding hydrogens is 124 g/mol. The lowest BCUT2D eigenvalue weighted by molar-refractivity contribution is -0.250. The van der Waals surface area contributed by atoms with Gasteiger partial charge in [0.15, 0.2) is 0 Å². The van der Waals surface area contributed by atoms with Crippen LogP contribution in [-0.4, -0.2) is 19.4 Å². The van der Waals surface area contributed by atoms with Gasteiger partial charge in [0.05, 0.1) is 13.2 Å². The molecule has 0 aliphatic heterocycles. The first-order valence-corrected chi connectivity index (χ1v) is 2.77. The molecule has 9 heavy (non-hydrogen) atoms. The highest BCUT2D eigenvalue weighted by atomic mass is 17.2. The maximum absolute atomic E-state index is 10.2. The Morgan fingerprint density at radius 3 is 2.44 bits per heavy atom. The van der Waals surface area contributed by atoms with E-state index in [4.69, 9.17) is 0 Å². The van der Waals surface area contributed by atoms with Crippen LogP contribution in [0.1, 0.15) is 13.8 Å². The van der Waals surface area contributed by atoms with Gasteiger partial charge in [-0.3, -0.25) is 4.89 Å². The van der Waals surface area contributed by atoms with Gasteiger partial charge < -0.3 is 4.74 Å². The normalized spacial score (nSPS) is 8.67. The molecule has 0 spiro atoms. The number of hydrogen-bond acceptors (Lipinski definition) is 4. The summed E-state index contributed by atoms with van der Waals surface area (Å²) in [7, 11) is 0. The van der Waals surface area contributed by atoms with E-state index in [1.807, 2.05) is 0 Å². The summed E-state index contributed by atoms with van der Waals surface area (Å²) in [5.74, 6) is 0. The lowest BCUT2D eigenvalue weighted by atomic mass is 10.9. The van der Waals surface area contributed by atoms with Crippen LogP contribution in [-0.2, 0) is 14.5 Å². The predicted molar refractivity (Wildman–Crippen MR) is 29.7 cm³/mol. The van der Waals surface area contributed by atoms with Crippen LogP contribution in [0.15, 0.2) is 0 Å². The average molecular weight is 134 g/mol. The van der Waals surface area contributed by atoms with Gasteiger partial charge in [-0.05, 0) is 13.8 Å². The van der Waals surface area contributed by atoms with E-state index in [1.165, 1.54) is 0 Å². The fourth-order valence-electron chi connectivity index (χ4n) is 0.249. The summed E-state index contributed by atoms with van der Waals surface area (Å²) in [6.07, 6.45) is -0.792. The Morgan fingerprint density at radius 2 is 2.00 bits per heavy atom. The van der Waals surface area contributed by atoms with E-state index >= 15 is 0 Å². The van der Waals surface area contributed by atoms with Gasteiger partial charge in [0.2, 0.25) is 0 Å². The molecular formula is C5H10O4. The molecule has 0 heterocycles. The van der Waals surface area contributed by atoms with E-state index in [1.54, 1.807) is 13.8 Å². The summed E-state index contributed by atoms with van der Waals surface area (Å²) in [6, 6.07) is 0. The second-order valence-corrected chi connectivity index (χ2v) is 1.17. The van der Waals surface area contributed by atoms with Gasteiger partial charge in [-0.15, -0.1) is 0 Å². The third kappa shape index (κ3) is 5.10. The van der Waals surface area contributed by atoms with Crippen LogP contribution in [0.3, 0.4) is 0 Å². The maximum atomic E-state index is 10.2. The molecule has 0 unspecified atom stereocenters. The van der Waals surface area contributed by atoms with Crippen molar-refractivity contribution < 1.29 is 19.3 Å². The van der Waals surface area contributed by atoms with E-state index in [9.17, 15) is 4.79 Å². The Kier molecular flexibility index (Phi) is 4.91. The topological polar surface area (TPSA) is 44.8 Å². The zero-order valence-electron chi connectivity index (χ0n) is 5.55. The third-order valence-corrected chi connectivity index (χ3v) is 0.507. The van der Waals surface area contributed by atoms with E-state index in [2.05, 4.69) is 14.5 Å². The molecule has 0 aromatic carbocycles. The minimum Gasteiger partial charge on any atom is -0.433 e. The molecule has 0 saturated carbocycles. The zero-order valence-corrected chi connectivity index (χ0v) is 5.55. The standard InChI is InChI=1S/C5H10O4/c1-3-7-5(6)9-8-4-2/h3-4H2,1-2H3. The van der Waals surface area contributed by atoms with Crippen molar-refractivity contribution in [3.8, 4) is 0 Å². The summed E-state index contributed by atoms with van der Waals surface area (Å²) in [5.41, 5.74) is 0. The molecule has 0 aliphatic rings. The largest absolute Gasteiger partial charge is 0.540 e. The van der Waals surface area contributed by atoms with Crippen molar-refractivity contribution in [3.05, 3.63) is 0 Å². The molecule has 54 valence electrons. The van der Waals surface area contributed by atoms with Gasteiger partial charge in [-0.1, -0.05) is 0 Å². The van der Waals surface area contributed by atoms with Crippen molar-refractivity contribution >= 4 is 6.16 Å². The van der Waals surface area contributed by atoms with E-state index in [0.717, 1.165) is 0 Å². The van der Waals surface area contributed by atoms with Gasteiger partial charge >= 0.3 is 6.16 Å². The van der Waals surface area contributed by atoms with Crippen LogP contribution in [0.25, 0.3) is 0 Å². The molecule has 0 aliphatic carbocycles. The third-order valence-electron chi connectivity index (χ3n) is 0.507. The van der Waals surface area contributed by atoms with Crippen LogP contribution in [0.5, 0.6) is 0 Å². The van der Waals surface area contributed by atoms with Gasteiger partial charge in [0.1, 0.15) is 0 Å². The Morgan fingerprint density at radius 1 is 1.33 bits per heavy atom. The fraction of sp³-hybridized carbons (Fsp3) is 0.800. The summed E-state index contributed by atoms with van der Waals surface area (Å²) < 4.78 is 4.36. The molecule has 0 amide bonds. The van der Waals surface area contributed by atoms with Crippen LogP contribution < -0.4 is 0 Å². The first kappa shape index (κ1) is 8.23. The number of hydrogen-bond donors (Lipinski definition) is 0. The molecule has 0 atom stereocenters. The minimum atomic E-state index is -0.792. The zero-order chi connectivity index (χ0) is 7.11. The smallest absolute Gasteiger partial charge is 0.433 e. The molecule has 0 N–H and O–H groups in total. The van der Waals surface area contributed by atoms with Gasteiger partial charge in [-0.2, -0.15) is 4.89 Å². The Bertz CT molecular complexity index is 81.0. The molecule has 0 fully saturated rings. The van der Waals surface area contributed by atoms with Crippen molar-refractivity contribution in [2.24, 2.45) is 0 Å². The van der Waals surface area contributed by atoms with Crippen molar-refractivity contribution in [2.75, 3.05) is 13.2 Å². The van der Waals surface area contributed by atoms with Crippen LogP contribution in [0.4, 0.5) is 4.79 Å². The van der Waals surface area contributed by atoms with Crippen molar-refractivity contribution in [1.82, 2.24) is 0 Å². The second-order valence-electron chi connectivity index (χ2n) is 1.17. The van der Waals surface area contributed by atoms with E-state index < -0.39 is 6.16 Å². The van der Waals surface area contributed by atoms with Gasteiger partial charge in [-0.25, -0.2) is 4.79 Å². The summed E-state index contributed by atoms with van der Waals surface area (Å²) in [6.45, 7) is 4.02. The van der Waals surface area contributed by atoms with Crippen LogP contribution >= 0.6 is 0 Å². The molecule has 4 nitrogen and oxygen atoms in total. The van der Waals surface area contributed by atoms with Crippen molar-refractivity contribution in [1.29, 1.82) is 0 Å². The molecule has 0 bridgehead atoms. The summed E-state index contributed by atoms with van der Waals surface area (Å²) >= 11 is 0. The number of rotatable bonds is 3. The average Bonchev–Trinajstić information content (AvgIpc) is 1.85. The molecule has 0 aromatic rings. The lowest BCUT2D eigenvalue weighted by Crippen LogP contribution is -2.07. The first-order chi connectivity index (χ1) is 4.31. The summed E-state index contributed by atoms with van der Waals surface area (Å²) in [5, 5.41) is 0. The first-order valence-electron chi connectivity index (χ1n) is 2.77. The number of carbonyl (C=O) groups is 1. The minimum absolute atomic E-state index is 0.298. The van der Waals surface area contributed by atoms with Gasteiger partial charge in [0.25, 0.3) is 0 Å². The Balaban J connectivity index is 3.06. The number of carbonyl (C=O) groups excluding carboxylic acids is 1. The highest BCUT2D eigenvalue weighted by Crippen LogP contribution is 1.84. The van der Waals surface area contributed by atoms with Gasteiger partial charge in [0, 0.05) is 0 Å². The number of ether oxygens (including phenoxy) is 1. The fourth-order valence-corrected chi connectivity index (χ4v) is 0.249. The highest BCUT2D eigenvalue weighted by Gasteiger charge is 1.99. The lowest BCUT2D eigenvalue weighted by Gasteiger charge is -1.98. The van der Waals surface area contributed by atoms with E-state index in [0.29, 0.717) is 13.2 Å². The molecule has 0 saturated heterocycles. The monoisotopic (exact) mass is 134 g/mol. The molecule has 4 heteroatoms. The van der Waals surface area contributed by atoms with E-state index in [-0.39, 0.29) is 0 Å². The second kappa shape index (κ2) is 5.37. The van der Waals surface area contributed by atoms with Crippen LogP contribution in [0, 0.1) is 0 Å². The highest BCUT2D eigenvalue weighted by molar-refractivity contribution is 5.58. The Hall–Kier alpha value is -0.770. The predicted octanol–water partition coefficient (Wildman–Crippen LogP) is 1.11. The Labute approximate surface area is 53.6 Å². The SMILES string of the molecule is CCOOC(=O)OCC. The molecule has 0 radical (unpaired) electrons. The maximum Gasteiger partial charge on any atom is 0.540 e. The van der Waals surface area contributed by atoms with Crippen molar-refractivity contribution in [2.45, 2.75) is 13.8 Å². The summed E-state index contributed by atoms with van der Waals surface area (Å²) in [4.78, 5) is 18.6. The molecule has 0 aromatic heterocycles.